The maximum absolute atomic E-state index is 12.9. The second-order valence-electron chi connectivity index (χ2n) is 5.38. The third-order valence-electron chi connectivity index (χ3n) is 4.24. The van der Waals surface area contributed by atoms with E-state index in [0.29, 0.717) is 16.5 Å². The fraction of sp³-hybridized carbons (Fsp3) is 0.286. The molecule has 0 radical (unpaired) electrons. The van der Waals surface area contributed by atoms with Gasteiger partial charge >= 0.3 is 6.03 Å². The molecule has 1 saturated heterocycles. The van der Waals surface area contributed by atoms with E-state index in [1.54, 1.807) is 0 Å². The number of nitrogens with zero attached hydrogens (tertiary/aromatic N) is 3. The number of carbonyl (C=O) groups excluding carboxylic acids is 2. The Balaban J connectivity index is 1.70. The molecule has 22 heavy (non-hydrogen) atoms. The molecule has 1 aromatic carbocycles. The van der Waals surface area contributed by atoms with Crippen LogP contribution in [-0.2, 0) is 23.3 Å². The van der Waals surface area contributed by atoms with E-state index >= 15 is 0 Å². The summed E-state index contributed by atoms with van der Waals surface area (Å²) >= 11 is 7.01. The number of aromatic nitrogens is 2. The Morgan fingerprint density at radius 3 is 2.95 bits per heavy atom. The van der Waals surface area contributed by atoms with E-state index in [1.165, 1.54) is 4.90 Å². The molecule has 2 aromatic rings. The molecule has 1 atom stereocenters. The molecule has 112 valence electrons. The first-order chi connectivity index (χ1) is 10.6. The number of carbonyl (C=O) groups is 2. The molecule has 2 heterocycles. The van der Waals surface area contributed by atoms with Crippen molar-refractivity contribution < 1.29 is 9.59 Å². The molecule has 0 bridgehead atoms. The molecular formula is C14H11ClN4O2S. The molecule has 3 amide bonds. The van der Waals surface area contributed by atoms with Gasteiger partial charge in [0.1, 0.15) is 15.6 Å². The van der Waals surface area contributed by atoms with Gasteiger partial charge in [0.15, 0.2) is 0 Å². The first kappa shape index (κ1) is 13.7. The summed E-state index contributed by atoms with van der Waals surface area (Å²) in [5, 5.41) is 6.74. The van der Waals surface area contributed by atoms with Crippen molar-refractivity contribution in [1.29, 1.82) is 0 Å². The van der Waals surface area contributed by atoms with Crippen LogP contribution < -0.4 is 5.32 Å². The van der Waals surface area contributed by atoms with Gasteiger partial charge in [-0.1, -0.05) is 40.4 Å². The van der Waals surface area contributed by atoms with E-state index in [-0.39, 0.29) is 12.5 Å². The van der Waals surface area contributed by atoms with E-state index in [0.717, 1.165) is 29.1 Å². The van der Waals surface area contributed by atoms with Crippen LogP contribution in [0.5, 0.6) is 0 Å². The maximum Gasteiger partial charge on any atom is 0.325 e. The number of benzene rings is 1. The van der Waals surface area contributed by atoms with Crippen LogP contribution in [-0.4, -0.2) is 26.4 Å². The quantitative estimate of drug-likeness (QED) is 0.853. The van der Waals surface area contributed by atoms with Crippen molar-refractivity contribution in [2.45, 2.75) is 24.9 Å². The molecule has 2 aliphatic rings. The molecular weight excluding hydrogens is 324 g/mol. The van der Waals surface area contributed by atoms with Gasteiger partial charge in [0.2, 0.25) is 0 Å². The third-order valence-corrected chi connectivity index (χ3v) is 5.22. The van der Waals surface area contributed by atoms with E-state index in [4.69, 9.17) is 11.6 Å². The second kappa shape index (κ2) is 4.76. The van der Waals surface area contributed by atoms with Crippen LogP contribution in [0.25, 0.3) is 0 Å². The van der Waals surface area contributed by atoms with Crippen LogP contribution in [0.3, 0.4) is 0 Å². The van der Waals surface area contributed by atoms with Crippen molar-refractivity contribution >= 4 is 35.1 Å². The van der Waals surface area contributed by atoms with Crippen molar-refractivity contribution in [2.24, 2.45) is 0 Å². The fourth-order valence-electron chi connectivity index (χ4n) is 3.17. The van der Waals surface area contributed by atoms with E-state index in [1.807, 2.05) is 24.3 Å². The molecule has 0 unspecified atom stereocenters. The van der Waals surface area contributed by atoms with Crippen molar-refractivity contribution in [3.05, 3.63) is 45.4 Å². The molecule has 8 heteroatoms. The summed E-state index contributed by atoms with van der Waals surface area (Å²) in [5.41, 5.74) is 1.49. The van der Waals surface area contributed by atoms with E-state index in [9.17, 15) is 9.59 Å². The molecule has 0 saturated carbocycles. The van der Waals surface area contributed by atoms with Crippen LogP contribution in [0.4, 0.5) is 4.79 Å². The summed E-state index contributed by atoms with van der Waals surface area (Å²) in [6.45, 7) is 0.0456. The number of imide groups is 1. The standard InChI is InChI=1S/C14H11ClN4O2S/c15-11-10(17-18-22-11)7-19-12(20)14(16-13(19)21)6-5-8-3-1-2-4-9(8)14/h1-4H,5-7H2,(H,16,21)/t14-/m1/s1. The predicted molar refractivity (Wildman–Crippen MR) is 80.4 cm³/mol. The summed E-state index contributed by atoms with van der Waals surface area (Å²) in [6, 6.07) is 7.31. The van der Waals surface area contributed by atoms with Crippen molar-refractivity contribution in [2.75, 3.05) is 0 Å². The molecule has 1 aliphatic carbocycles. The smallest absolute Gasteiger partial charge is 0.319 e. The zero-order valence-corrected chi connectivity index (χ0v) is 12.9. The molecule has 1 N–H and O–H groups in total. The first-order valence-corrected chi connectivity index (χ1v) is 7.96. The van der Waals surface area contributed by atoms with Crippen molar-refractivity contribution in [1.82, 2.24) is 19.8 Å². The van der Waals surface area contributed by atoms with Gasteiger partial charge in [-0.05, 0) is 24.0 Å². The Bertz CT molecular complexity index is 793. The Morgan fingerprint density at radius 2 is 2.18 bits per heavy atom. The maximum atomic E-state index is 12.9. The minimum absolute atomic E-state index is 0.0456. The third kappa shape index (κ3) is 1.79. The summed E-state index contributed by atoms with van der Waals surface area (Å²) < 4.78 is 4.13. The number of aryl methyl sites for hydroxylation is 1. The zero-order valence-electron chi connectivity index (χ0n) is 11.4. The lowest BCUT2D eigenvalue weighted by Crippen LogP contribution is -2.41. The SMILES string of the molecule is O=C1N[C@@]2(CCc3ccccc32)C(=O)N1Cc1nnsc1Cl. The van der Waals surface area contributed by atoms with Crippen LogP contribution in [0.15, 0.2) is 24.3 Å². The highest BCUT2D eigenvalue weighted by atomic mass is 35.5. The predicted octanol–water partition coefficient (Wildman–Crippen LogP) is 2.08. The average molecular weight is 335 g/mol. The van der Waals surface area contributed by atoms with Gasteiger partial charge < -0.3 is 5.32 Å². The molecule has 1 spiro atoms. The van der Waals surface area contributed by atoms with Crippen LogP contribution in [0.2, 0.25) is 4.34 Å². The van der Waals surface area contributed by atoms with Gasteiger partial charge in [0.25, 0.3) is 5.91 Å². The number of rotatable bonds is 2. The number of halogens is 1. The number of fused-ring (bicyclic) bond motifs is 2. The number of hydrogen-bond acceptors (Lipinski definition) is 5. The minimum atomic E-state index is -0.941. The largest absolute Gasteiger partial charge is 0.325 e. The average Bonchev–Trinajstić information content (AvgIpc) is 3.15. The molecule has 4 rings (SSSR count). The second-order valence-corrected chi connectivity index (χ2v) is 6.73. The minimum Gasteiger partial charge on any atom is -0.319 e. The van der Waals surface area contributed by atoms with Gasteiger partial charge in [-0.2, -0.15) is 0 Å². The molecule has 1 fully saturated rings. The van der Waals surface area contributed by atoms with Gasteiger partial charge in [0.05, 0.1) is 6.54 Å². The summed E-state index contributed by atoms with van der Waals surface area (Å²) in [6.07, 6.45) is 1.35. The normalized spacial score (nSPS) is 23.2. The number of hydrogen-bond donors (Lipinski definition) is 1. The highest BCUT2D eigenvalue weighted by Crippen LogP contribution is 2.41. The topological polar surface area (TPSA) is 75.2 Å². The molecule has 1 aliphatic heterocycles. The van der Waals surface area contributed by atoms with E-state index < -0.39 is 11.6 Å². The summed E-state index contributed by atoms with van der Waals surface area (Å²) in [5.74, 6) is -0.244. The number of urea groups is 1. The lowest BCUT2D eigenvalue weighted by Gasteiger charge is -2.22. The highest BCUT2D eigenvalue weighted by molar-refractivity contribution is 7.10. The number of nitrogens with one attached hydrogen (secondary N) is 1. The van der Waals surface area contributed by atoms with Gasteiger partial charge in [-0.25, -0.2) is 4.79 Å². The lowest BCUT2D eigenvalue weighted by molar-refractivity contribution is -0.132. The summed E-state index contributed by atoms with van der Waals surface area (Å²) in [7, 11) is 0. The molecule has 1 aromatic heterocycles. The van der Waals surface area contributed by atoms with Gasteiger partial charge in [-0.3, -0.25) is 9.69 Å². The van der Waals surface area contributed by atoms with Crippen LogP contribution in [0, 0.1) is 0 Å². The first-order valence-electron chi connectivity index (χ1n) is 6.81. The summed E-state index contributed by atoms with van der Waals surface area (Å²) in [4.78, 5) is 26.4. The van der Waals surface area contributed by atoms with Crippen molar-refractivity contribution in [3.8, 4) is 0 Å². The Kier molecular flexibility index (Phi) is 2.95. The molecule has 6 nitrogen and oxygen atoms in total. The zero-order chi connectivity index (χ0) is 15.3. The van der Waals surface area contributed by atoms with E-state index in [2.05, 4.69) is 14.9 Å². The highest BCUT2D eigenvalue weighted by Gasteiger charge is 2.55. The van der Waals surface area contributed by atoms with Crippen LogP contribution >= 0.6 is 23.1 Å². The Morgan fingerprint density at radius 1 is 1.36 bits per heavy atom. The monoisotopic (exact) mass is 334 g/mol. The number of amides is 3. The van der Waals surface area contributed by atoms with Crippen molar-refractivity contribution in [3.63, 3.8) is 0 Å². The Hall–Kier alpha value is -1.99. The fourth-order valence-corrected chi connectivity index (χ4v) is 3.79. The lowest BCUT2D eigenvalue weighted by atomic mass is 9.92. The van der Waals surface area contributed by atoms with Gasteiger partial charge in [0, 0.05) is 11.5 Å². The Labute approximate surface area is 135 Å². The van der Waals surface area contributed by atoms with Gasteiger partial charge in [-0.15, -0.1) is 5.10 Å². The van der Waals surface area contributed by atoms with Crippen LogP contribution in [0.1, 0.15) is 23.2 Å².